The van der Waals surface area contributed by atoms with Crippen LogP contribution in [0.25, 0.3) is 10.9 Å². The second-order valence-electron chi connectivity index (χ2n) is 7.12. The summed E-state index contributed by atoms with van der Waals surface area (Å²) in [7, 11) is -3.70. The summed E-state index contributed by atoms with van der Waals surface area (Å²) < 4.78 is 30.3. The maximum Gasteiger partial charge on any atom is 0.305 e. The molecule has 2 heterocycles. The van der Waals surface area contributed by atoms with Gasteiger partial charge < -0.3 is 9.67 Å². The molecular weight excluding hydrogens is 414 g/mol. The Morgan fingerprint density at radius 3 is 2.79 bits per heavy atom. The highest BCUT2D eigenvalue weighted by atomic mass is 35.5. The van der Waals surface area contributed by atoms with E-state index in [1.165, 1.54) is 18.3 Å². The molecule has 1 aliphatic rings. The highest BCUT2D eigenvalue weighted by Crippen LogP contribution is 2.33. The van der Waals surface area contributed by atoms with E-state index in [-0.39, 0.29) is 22.5 Å². The lowest BCUT2D eigenvalue weighted by molar-refractivity contribution is -0.137. The number of pyridine rings is 1. The summed E-state index contributed by atoms with van der Waals surface area (Å²) in [5, 5.41) is 10.4. The third kappa shape index (κ3) is 4.01. The molecule has 0 aliphatic heterocycles. The smallest absolute Gasteiger partial charge is 0.305 e. The third-order valence-corrected chi connectivity index (χ3v) is 6.99. The molecule has 1 aliphatic carbocycles. The monoisotopic (exact) mass is 433 g/mol. The van der Waals surface area contributed by atoms with Crippen molar-refractivity contribution in [3.8, 4) is 0 Å². The molecule has 0 saturated carbocycles. The predicted octanol–water partition coefficient (Wildman–Crippen LogP) is 3.00. The number of nitrogens with one attached hydrogen (secondary N) is 1. The molecule has 1 aromatic carbocycles. The number of sulfonamides is 1. The summed E-state index contributed by atoms with van der Waals surface area (Å²) in [5.74, 6) is -0.838. The molecule has 0 bridgehead atoms. The number of benzene rings is 1. The fourth-order valence-electron chi connectivity index (χ4n) is 3.97. The topological polar surface area (TPSA) is 101 Å². The van der Waals surface area contributed by atoms with Crippen LogP contribution in [0, 0.1) is 0 Å². The quantitative estimate of drug-likeness (QED) is 0.582. The van der Waals surface area contributed by atoms with E-state index in [2.05, 4.69) is 14.3 Å². The van der Waals surface area contributed by atoms with E-state index in [0.29, 0.717) is 25.8 Å². The van der Waals surface area contributed by atoms with Gasteiger partial charge in [-0.25, -0.2) is 18.1 Å². The van der Waals surface area contributed by atoms with Crippen LogP contribution >= 0.6 is 11.6 Å². The number of rotatable bonds is 6. The fraction of sp³-hybridized carbons (Fsp3) is 0.300. The van der Waals surface area contributed by atoms with Gasteiger partial charge in [0.2, 0.25) is 10.0 Å². The summed E-state index contributed by atoms with van der Waals surface area (Å²) in [6.45, 7) is 0.401. The molecule has 2 N–H and O–H groups in total. The maximum atomic E-state index is 12.7. The molecule has 7 nitrogen and oxygen atoms in total. The van der Waals surface area contributed by atoms with Gasteiger partial charge in [-0.2, -0.15) is 0 Å². The number of aromatic nitrogens is 2. The van der Waals surface area contributed by atoms with E-state index in [1.54, 1.807) is 0 Å². The average molecular weight is 434 g/mol. The number of hydrogen-bond donors (Lipinski definition) is 2. The van der Waals surface area contributed by atoms with Crippen molar-refractivity contribution in [3.05, 3.63) is 59.0 Å². The van der Waals surface area contributed by atoms with E-state index in [4.69, 9.17) is 16.7 Å². The summed E-state index contributed by atoms with van der Waals surface area (Å²) in [4.78, 5) is 15.0. The summed E-state index contributed by atoms with van der Waals surface area (Å²) >= 11 is 5.75. The number of para-hydroxylation sites is 1. The molecule has 0 spiro atoms. The van der Waals surface area contributed by atoms with Crippen molar-refractivity contribution in [1.29, 1.82) is 0 Å². The van der Waals surface area contributed by atoms with Gasteiger partial charge in [0, 0.05) is 35.4 Å². The van der Waals surface area contributed by atoms with Crippen LogP contribution < -0.4 is 4.72 Å². The number of hydrogen-bond acceptors (Lipinski definition) is 4. The first-order valence-electron chi connectivity index (χ1n) is 9.30. The van der Waals surface area contributed by atoms with Crippen LogP contribution in [0.2, 0.25) is 5.15 Å². The van der Waals surface area contributed by atoms with Crippen molar-refractivity contribution >= 4 is 38.5 Å². The van der Waals surface area contributed by atoms with E-state index in [0.717, 1.165) is 22.2 Å². The summed E-state index contributed by atoms with van der Waals surface area (Å²) in [5.41, 5.74) is 3.17. The van der Waals surface area contributed by atoms with Crippen molar-refractivity contribution in [3.63, 3.8) is 0 Å². The van der Waals surface area contributed by atoms with Gasteiger partial charge in [0.1, 0.15) is 10.0 Å². The van der Waals surface area contributed by atoms with Gasteiger partial charge in [0.05, 0.1) is 6.42 Å². The van der Waals surface area contributed by atoms with E-state index in [9.17, 15) is 13.2 Å². The molecular formula is C20H20ClN3O4S. The molecule has 1 unspecified atom stereocenters. The van der Waals surface area contributed by atoms with E-state index >= 15 is 0 Å². The lowest BCUT2D eigenvalue weighted by Gasteiger charge is -2.25. The van der Waals surface area contributed by atoms with Crippen molar-refractivity contribution in [1.82, 2.24) is 14.3 Å². The van der Waals surface area contributed by atoms with E-state index < -0.39 is 16.0 Å². The normalized spacial score (nSPS) is 16.7. The molecule has 9 heteroatoms. The minimum Gasteiger partial charge on any atom is -0.481 e. The first-order chi connectivity index (χ1) is 13.8. The molecule has 29 heavy (non-hydrogen) atoms. The zero-order valence-electron chi connectivity index (χ0n) is 15.5. The molecule has 0 amide bonds. The Bertz CT molecular complexity index is 1170. The minimum atomic E-state index is -3.70. The lowest BCUT2D eigenvalue weighted by atomic mass is 9.92. The van der Waals surface area contributed by atoms with Crippen molar-refractivity contribution in [2.24, 2.45) is 0 Å². The number of halogens is 1. The van der Waals surface area contributed by atoms with Gasteiger partial charge in [-0.3, -0.25) is 4.79 Å². The van der Waals surface area contributed by atoms with Crippen molar-refractivity contribution < 1.29 is 18.3 Å². The molecule has 0 radical (unpaired) electrons. The third-order valence-electron chi connectivity index (χ3n) is 5.26. The van der Waals surface area contributed by atoms with Crippen LogP contribution in [-0.4, -0.2) is 35.1 Å². The number of fused-ring (bicyclic) bond motifs is 3. The Morgan fingerprint density at radius 2 is 2.07 bits per heavy atom. The Hall–Kier alpha value is -2.42. The van der Waals surface area contributed by atoms with Crippen LogP contribution in [0.3, 0.4) is 0 Å². The SMILES string of the molecule is O=C(O)CCn1c2c(c3ccccc31)CC(NS(=O)(=O)c1ccc(Cl)nc1)CC2. The zero-order valence-corrected chi connectivity index (χ0v) is 17.1. The van der Waals surface area contributed by atoms with Gasteiger partial charge in [-0.15, -0.1) is 0 Å². The number of aliphatic carboxylic acids is 1. The highest BCUT2D eigenvalue weighted by molar-refractivity contribution is 7.89. The first kappa shape index (κ1) is 19.9. The number of nitrogens with zero attached hydrogens (tertiary/aromatic N) is 2. The van der Waals surface area contributed by atoms with Crippen molar-refractivity contribution in [2.75, 3.05) is 0 Å². The second kappa shape index (κ2) is 7.78. The average Bonchev–Trinajstić information content (AvgIpc) is 2.99. The Labute approximate surface area is 173 Å². The van der Waals surface area contributed by atoms with Gasteiger partial charge in [-0.05, 0) is 43.0 Å². The van der Waals surface area contributed by atoms with Gasteiger partial charge in [0.15, 0.2) is 0 Å². The second-order valence-corrected chi connectivity index (χ2v) is 9.22. The van der Waals surface area contributed by atoms with Crippen molar-refractivity contribution in [2.45, 2.75) is 43.2 Å². The standard InChI is InChI=1S/C20H20ClN3O4S/c21-19-8-6-14(12-22-19)29(27,28)23-13-5-7-18-16(11-13)15-3-1-2-4-17(15)24(18)10-9-20(25)26/h1-4,6,8,12-13,23H,5,7,9-11H2,(H,25,26). The van der Waals surface area contributed by atoms with Gasteiger partial charge >= 0.3 is 5.97 Å². The number of carbonyl (C=O) groups is 1. The number of aryl methyl sites for hydroxylation is 1. The highest BCUT2D eigenvalue weighted by Gasteiger charge is 2.28. The van der Waals surface area contributed by atoms with Crippen LogP contribution in [0.5, 0.6) is 0 Å². The van der Waals surface area contributed by atoms with E-state index in [1.807, 2.05) is 24.3 Å². The Balaban J connectivity index is 1.62. The summed E-state index contributed by atoms with van der Waals surface area (Å²) in [6.07, 6.45) is 3.16. The van der Waals surface area contributed by atoms with Crippen LogP contribution in [-0.2, 0) is 34.2 Å². The predicted molar refractivity (Wildman–Crippen MR) is 110 cm³/mol. The molecule has 0 fully saturated rings. The number of carboxylic acids is 1. The number of carboxylic acid groups (broad SMARTS) is 1. The minimum absolute atomic E-state index is 0.0464. The van der Waals surface area contributed by atoms with Crippen LogP contribution in [0.1, 0.15) is 24.1 Å². The molecule has 3 aromatic rings. The van der Waals surface area contributed by atoms with Gasteiger partial charge in [0.25, 0.3) is 0 Å². The van der Waals surface area contributed by atoms with Gasteiger partial charge in [-0.1, -0.05) is 29.8 Å². The molecule has 152 valence electrons. The van der Waals surface area contributed by atoms with Crippen LogP contribution in [0.15, 0.2) is 47.5 Å². The molecule has 2 aromatic heterocycles. The molecule has 1 atom stereocenters. The summed E-state index contributed by atoms with van der Waals surface area (Å²) in [6, 6.07) is 10.5. The maximum absolute atomic E-state index is 12.7. The van der Waals surface area contributed by atoms with Crippen LogP contribution in [0.4, 0.5) is 0 Å². The fourth-order valence-corrected chi connectivity index (χ4v) is 5.30. The Kier molecular flexibility index (Phi) is 5.33. The Morgan fingerprint density at radius 1 is 1.28 bits per heavy atom. The first-order valence-corrected chi connectivity index (χ1v) is 11.2. The molecule has 4 rings (SSSR count). The largest absolute Gasteiger partial charge is 0.481 e. The molecule has 0 saturated heterocycles. The zero-order chi connectivity index (χ0) is 20.6. The lowest BCUT2D eigenvalue weighted by Crippen LogP contribution is -2.39.